The van der Waals surface area contributed by atoms with E-state index in [1.165, 1.54) is 0 Å². The monoisotopic (exact) mass is 149 g/mol. The van der Waals surface area contributed by atoms with Gasteiger partial charge < -0.3 is 10.4 Å². The summed E-state index contributed by atoms with van der Waals surface area (Å²) in [5.41, 5.74) is -0.0699. The number of rotatable bonds is 3. The summed E-state index contributed by atoms with van der Waals surface area (Å²) < 4.78 is 12.3. The summed E-state index contributed by atoms with van der Waals surface area (Å²) in [7, 11) is 0. The van der Waals surface area contributed by atoms with Crippen LogP contribution in [0.1, 0.15) is 20.8 Å². The van der Waals surface area contributed by atoms with Gasteiger partial charge in [0, 0.05) is 12.1 Å². The van der Waals surface area contributed by atoms with Crippen molar-refractivity contribution in [2.45, 2.75) is 32.5 Å². The van der Waals surface area contributed by atoms with Crippen molar-refractivity contribution in [1.82, 2.24) is 5.32 Å². The highest BCUT2D eigenvalue weighted by Crippen LogP contribution is 1.98. The van der Waals surface area contributed by atoms with E-state index in [2.05, 4.69) is 5.32 Å². The van der Waals surface area contributed by atoms with Crippen molar-refractivity contribution in [2.24, 2.45) is 0 Å². The van der Waals surface area contributed by atoms with Crippen LogP contribution >= 0.6 is 0 Å². The third kappa shape index (κ3) is 5.98. The minimum Gasteiger partial charge on any atom is -0.393 e. The Hall–Kier alpha value is -0.150. The average molecular weight is 149 g/mol. The molecule has 0 rings (SSSR count). The number of hydrogen-bond acceptors (Lipinski definition) is 2. The number of aliphatic hydroxyl groups excluding tert-OH is 1. The molecule has 0 fully saturated rings. The molecule has 1 atom stereocenters. The van der Waals surface area contributed by atoms with Crippen LogP contribution in [-0.2, 0) is 0 Å². The van der Waals surface area contributed by atoms with Crippen LogP contribution in [0.15, 0.2) is 0 Å². The molecule has 10 heavy (non-hydrogen) atoms. The molecule has 0 spiro atoms. The smallest absolute Gasteiger partial charge is 0.135 e. The second-order valence-corrected chi connectivity index (χ2v) is 3.41. The molecule has 0 aliphatic heterocycles. The Kier molecular flexibility index (Phi) is 3.83. The van der Waals surface area contributed by atoms with Crippen molar-refractivity contribution in [3.8, 4) is 0 Å². The Morgan fingerprint density at radius 3 is 2.30 bits per heavy atom. The summed E-state index contributed by atoms with van der Waals surface area (Å²) in [4.78, 5) is 0. The number of aliphatic hydroxyl groups is 1. The van der Waals surface area contributed by atoms with Crippen LogP contribution in [0.25, 0.3) is 0 Å². The molecule has 2 N–H and O–H groups in total. The fraction of sp³-hybridized carbons (Fsp3) is 1.00. The average Bonchev–Trinajstić information content (AvgIpc) is 1.81. The van der Waals surface area contributed by atoms with E-state index in [0.29, 0.717) is 0 Å². The highest BCUT2D eigenvalue weighted by molar-refractivity contribution is 4.72. The summed E-state index contributed by atoms with van der Waals surface area (Å²) >= 11 is 0. The van der Waals surface area contributed by atoms with Gasteiger partial charge in [-0.1, -0.05) is 0 Å². The van der Waals surface area contributed by atoms with Gasteiger partial charge in [-0.3, -0.25) is 0 Å². The van der Waals surface area contributed by atoms with Crippen molar-refractivity contribution < 1.29 is 9.50 Å². The van der Waals surface area contributed by atoms with Crippen LogP contribution in [0.5, 0.6) is 0 Å². The quantitative estimate of drug-likeness (QED) is 0.619. The van der Waals surface area contributed by atoms with Gasteiger partial charge in [0.25, 0.3) is 0 Å². The summed E-state index contributed by atoms with van der Waals surface area (Å²) in [6.45, 7) is 5.69. The molecule has 0 saturated heterocycles. The van der Waals surface area contributed by atoms with Gasteiger partial charge in [-0.15, -0.1) is 0 Å². The van der Waals surface area contributed by atoms with E-state index in [9.17, 15) is 4.39 Å². The number of nitrogens with one attached hydrogen (secondary N) is 1. The van der Waals surface area contributed by atoms with E-state index in [-0.39, 0.29) is 12.1 Å². The normalized spacial score (nSPS) is 15.3. The van der Waals surface area contributed by atoms with Crippen LogP contribution in [0, 0.1) is 0 Å². The van der Waals surface area contributed by atoms with Gasteiger partial charge in [-0.2, -0.15) is 0 Å². The van der Waals surface area contributed by atoms with Crippen LogP contribution in [0.2, 0.25) is 0 Å². The van der Waals surface area contributed by atoms with Gasteiger partial charge in [0.15, 0.2) is 0 Å². The largest absolute Gasteiger partial charge is 0.393 e. The van der Waals surface area contributed by atoms with Crippen molar-refractivity contribution in [3.05, 3.63) is 0 Å². The molecule has 0 aliphatic rings. The number of halogens is 1. The molecular weight excluding hydrogens is 133 g/mol. The highest BCUT2D eigenvalue weighted by Gasteiger charge is 2.11. The first-order valence-electron chi connectivity index (χ1n) is 3.45. The minimum atomic E-state index is -1.14. The number of hydrogen-bond donors (Lipinski definition) is 2. The molecule has 3 heteroatoms. The van der Waals surface area contributed by atoms with Gasteiger partial charge in [0.2, 0.25) is 0 Å². The Morgan fingerprint density at radius 1 is 1.50 bits per heavy atom. The second-order valence-electron chi connectivity index (χ2n) is 3.41. The maximum atomic E-state index is 12.3. The van der Waals surface area contributed by atoms with Crippen LogP contribution in [0.4, 0.5) is 4.39 Å². The third-order valence-electron chi connectivity index (χ3n) is 1.05. The lowest BCUT2D eigenvalue weighted by Crippen LogP contribution is -2.40. The van der Waals surface area contributed by atoms with Crippen molar-refractivity contribution in [2.75, 3.05) is 13.2 Å². The Balaban J connectivity index is 3.36. The zero-order chi connectivity index (χ0) is 8.20. The van der Waals surface area contributed by atoms with E-state index in [4.69, 9.17) is 5.11 Å². The third-order valence-corrected chi connectivity index (χ3v) is 1.05. The molecule has 62 valence electrons. The molecule has 0 aromatic rings. The SMILES string of the molecule is CC(C)(C)NCC(F)CO. The standard InChI is InChI=1S/C7H16FNO/c1-7(2,3)9-4-6(8)5-10/h6,9-10H,4-5H2,1-3H3. The maximum Gasteiger partial charge on any atom is 0.135 e. The molecule has 2 nitrogen and oxygen atoms in total. The molecule has 0 aliphatic carbocycles. The van der Waals surface area contributed by atoms with E-state index in [1.54, 1.807) is 0 Å². The Morgan fingerprint density at radius 2 is 2.00 bits per heavy atom. The van der Waals surface area contributed by atoms with Gasteiger partial charge in [-0.05, 0) is 20.8 Å². The predicted octanol–water partition coefficient (Wildman–Crippen LogP) is 0.705. The van der Waals surface area contributed by atoms with Crippen molar-refractivity contribution in [1.29, 1.82) is 0 Å². The zero-order valence-electron chi connectivity index (χ0n) is 6.82. The molecule has 0 heterocycles. The first-order valence-corrected chi connectivity index (χ1v) is 3.45. The summed E-state index contributed by atoms with van der Waals surface area (Å²) in [5, 5.41) is 11.3. The predicted molar refractivity (Wildman–Crippen MR) is 39.7 cm³/mol. The summed E-state index contributed by atoms with van der Waals surface area (Å²) in [5.74, 6) is 0. The lowest BCUT2D eigenvalue weighted by Gasteiger charge is -2.21. The molecule has 0 bridgehead atoms. The molecule has 0 amide bonds. The first-order chi connectivity index (χ1) is 4.45. The van der Waals surface area contributed by atoms with Crippen LogP contribution in [0.3, 0.4) is 0 Å². The lowest BCUT2D eigenvalue weighted by molar-refractivity contribution is 0.167. The Labute approximate surface area is 61.4 Å². The number of alkyl halides is 1. The van der Waals surface area contributed by atoms with E-state index < -0.39 is 12.8 Å². The van der Waals surface area contributed by atoms with Crippen molar-refractivity contribution in [3.63, 3.8) is 0 Å². The van der Waals surface area contributed by atoms with E-state index >= 15 is 0 Å². The molecule has 0 aromatic heterocycles. The molecule has 0 saturated carbocycles. The molecule has 0 aromatic carbocycles. The van der Waals surface area contributed by atoms with Crippen LogP contribution < -0.4 is 5.32 Å². The zero-order valence-corrected chi connectivity index (χ0v) is 6.82. The summed E-state index contributed by atoms with van der Waals surface area (Å²) in [6.07, 6.45) is -1.14. The van der Waals surface area contributed by atoms with Crippen LogP contribution in [-0.4, -0.2) is 30.0 Å². The van der Waals surface area contributed by atoms with Gasteiger partial charge in [0.05, 0.1) is 6.61 Å². The Bertz CT molecular complexity index is 90.1. The fourth-order valence-corrected chi connectivity index (χ4v) is 0.481. The molecule has 1 unspecified atom stereocenters. The minimum absolute atomic E-state index is 0.0699. The maximum absolute atomic E-state index is 12.3. The summed E-state index contributed by atoms with van der Waals surface area (Å²) in [6, 6.07) is 0. The highest BCUT2D eigenvalue weighted by atomic mass is 19.1. The lowest BCUT2D eigenvalue weighted by atomic mass is 10.1. The van der Waals surface area contributed by atoms with E-state index in [1.807, 2.05) is 20.8 Å². The van der Waals surface area contributed by atoms with Gasteiger partial charge in [-0.25, -0.2) is 4.39 Å². The first kappa shape index (κ1) is 9.85. The molecular formula is C7H16FNO. The topological polar surface area (TPSA) is 32.3 Å². The second kappa shape index (κ2) is 3.88. The van der Waals surface area contributed by atoms with Gasteiger partial charge >= 0.3 is 0 Å². The van der Waals surface area contributed by atoms with E-state index in [0.717, 1.165) is 0 Å². The molecule has 0 radical (unpaired) electrons. The fourth-order valence-electron chi connectivity index (χ4n) is 0.481. The van der Waals surface area contributed by atoms with Crippen molar-refractivity contribution >= 4 is 0 Å². The van der Waals surface area contributed by atoms with Gasteiger partial charge in [0.1, 0.15) is 6.17 Å².